The first-order valence-corrected chi connectivity index (χ1v) is 4.87. The fourth-order valence-electron chi connectivity index (χ4n) is 0.759. The number of carbonyl (C=O) groups is 1. The quantitative estimate of drug-likeness (QED) is 0.444. The molecule has 5 heteroatoms. The molecule has 6 N–H and O–H groups in total. The fourth-order valence-corrected chi connectivity index (χ4v) is 0.759. The first-order valence-electron chi connectivity index (χ1n) is 4.87. The number of hydrogen-bond donors (Lipinski definition) is 4. The van der Waals surface area contributed by atoms with Crippen molar-refractivity contribution in [1.82, 2.24) is 0 Å². The number of aliphatic carboxylic acids is 1. The van der Waals surface area contributed by atoms with Crippen LogP contribution in [0.2, 0.25) is 0 Å². The molecular weight excluding hydrogens is 208 g/mol. The van der Waals surface area contributed by atoms with Crippen LogP contribution in [0.15, 0.2) is 24.3 Å². The molecule has 0 unspecified atom stereocenters. The number of carboxylic acid groups (broad SMARTS) is 1. The normalized spacial score (nSPS) is 11.5. The number of nitrogen functional groups attached to an aromatic ring is 1. The molecule has 0 aliphatic carbocycles. The molecule has 1 rings (SSSR count). The minimum Gasteiger partial charge on any atom is -0.508 e. The molecule has 0 fully saturated rings. The van der Waals surface area contributed by atoms with E-state index in [-0.39, 0.29) is 11.7 Å². The summed E-state index contributed by atoms with van der Waals surface area (Å²) in [6.45, 7) is 3.55. The summed E-state index contributed by atoms with van der Waals surface area (Å²) in [5, 5.41) is 16.9. The minimum atomic E-state index is -0.931. The van der Waals surface area contributed by atoms with Crippen LogP contribution < -0.4 is 11.5 Å². The molecule has 16 heavy (non-hydrogen) atoms. The minimum absolute atomic E-state index is 0.0208. The molecule has 0 heterocycles. The topological polar surface area (TPSA) is 110 Å². The Balaban J connectivity index is 0.000000281. The molecule has 0 radical (unpaired) electrons. The van der Waals surface area contributed by atoms with Crippen LogP contribution >= 0.6 is 0 Å². The first kappa shape index (κ1) is 14.2. The van der Waals surface area contributed by atoms with Crippen molar-refractivity contribution in [3.63, 3.8) is 0 Å². The van der Waals surface area contributed by atoms with Gasteiger partial charge in [0.2, 0.25) is 0 Å². The Morgan fingerprint density at radius 3 is 1.88 bits per heavy atom. The van der Waals surface area contributed by atoms with Gasteiger partial charge in [0.25, 0.3) is 0 Å². The smallest absolute Gasteiger partial charge is 0.320 e. The van der Waals surface area contributed by atoms with E-state index in [1.54, 1.807) is 38.1 Å². The van der Waals surface area contributed by atoms with E-state index in [4.69, 9.17) is 21.7 Å². The van der Waals surface area contributed by atoms with E-state index >= 15 is 0 Å². The predicted molar refractivity (Wildman–Crippen MR) is 63.0 cm³/mol. The molecule has 0 saturated heterocycles. The highest BCUT2D eigenvalue weighted by atomic mass is 16.4. The van der Waals surface area contributed by atoms with E-state index in [1.807, 2.05) is 0 Å². The monoisotopic (exact) mass is 226 g/mol. The summed E-state index contributed by atoms with van der Waals surface area (Å²) in [5.41, 5.74) is 11.1. The lowest BCUT2D eigenvalue weighted by atomic mass is 10.1. The van der Waals surface area contributed by atoms with E-state index in [0.29, 0.717) is 5.69 Å². The van der Waals surface area contributed by atoms with Gasteiger partial charge in [-0.1, -0.05) is 13.8 Å². The van der Waals surface area contributed by atoms with Crippen LogP contribution in [0.3, 0.4) is 0 Å². The van der Waals surface area contributed by atoms with Gasteiger partial charge in [-0.15, -0.1) is 0 Å². The van der Waals surface area contributed by atoms with Crippen LogP contribution in [0.5, 0.6) is 5.75 Å². The van der Waals surface area contributed by atoms with Crippen molar-refractivity contribution in [1.29, 1.82) is 0 Å². The maximum atomic E-state index is 10.0. The Bertz CT molecular complexity index is 302. The van der Waals surface area contributed by atoms with Gasteiger partial charge >= 0.3 is 5.97 Å². The number of phenolic OH excluding ortho intramolecular Hbond substituents is 1. The molecule has 0 spiro atoms. The predicted octanol–water partition coefficient (Wildman–Crippen LogP) is 1.03. The highest BCUT2D eigenvalue weighted by Crippen LogP contribution is 2.09. The van der Waals surface area contributed by atoms with Gasteiger partial charge in [-0.05, 0) is 30.2 Å². The molecule has 1 aromatic carbocycles. The number of carboxylic acids is 1. The summed E-state index contributed by atoms with van der Waals surface area (Å²) in [5.74, 6) is -0.660. The van der Waals surface area contributed by atoms with Gasteiger partial charge in [0.1, 0.15) is 11.8 Å². The summed E-state index contributed by atoms with van der Waals surface area (Å²) in [4.78, 5) is 10.0. The molecule has 0 bridgehead atoms. The number of benzene rings is 1. The van der Waals surface area contributed by atoms with Crippen LogP contribution in [0, 0.1) is 5.92 Å². The third-order valence-electron chi connectivity index (χ3n) is 1.90. The average Bonchev–Trinajstić information content (AvgIpc) is 2.22. The van der Waals surface area contributed by atoms with Crippen molar-refractivity contribution in [2.45, 2.75) is 19.9 Å². The Morgan fingerprint density at radius 1 is 1.25 bits per heavy atom. The summed E-state index contributed by atoms with van der Waals surface area (Å²) >= 11 is 0. The number of hydrogen-bond acceptors (Lipinski definition) is 4. The molecule has 0 aliphatic heterocycles. The van der Waals surface area contributed by atoms with E-state index in [9.17, 15) is 4.79 Å². The van der Waals surface area contributed by atoms with Crippen LogP contribution in [0.1, 0.15) is 13.8 Å². The van der Waals surface area contributed by atoms with Crippen molar-refractivity contribution in [2.75, 3.05) is 5.73 Å². The highest BCUT2D eigenvalue weighted by Gasteiger charge is 2.14. The van der Waals surface area contributed by atoms with Crippen molar-refractivity contribution < 1.29 is 15.0 Å². The molecule has 0 aliphatic rings. The van der Waals surface area contributed by atoms with Crippen LogP contribution in [-0.2, 0) is 4.79 Å². The number of nitrogens with two attached hydrogens (primary N) is 2. The van der Waals surface area contributed by atoms with Crippen molar-refractivity contribution in [3.8, 4) is 5.75 Å². The maximum absolute atomic E-state index is 10.0. The summed E-state index contributed by atoms with van der Waals surface area (Å²) in [6.07, 6.45) is 0. The molecule has 0 saturated carbocycles. The van der Waals surface area contributed by atoms with Gasteiger partial charge in [0.15, 0.2) is 0 Å². The van der Waals surface area contributed by atoms with Crippen molar-refractivity contribution >= 4 is 11.7 Å². The van der Waals surface area contributed by atoms with Crippen molar-refractivity contribution in [3.05, 3.63) is 24.3 Å². The number of rotatable bonds is 2. The Labute approximate surface area is 94.7 Å². The largest absolute Gasteiger partial charge is 0.508 e. The van der Waals surface area contributed by atoms with E-state index in [1.165, 1.54) is 0 Å². The van der Waals surface area contributed by atoms with E-state index in [0.717, 1.165) is 0 Å². The molecule has 0 amide bonds. The lowest BCUT2D eigenvalue weighted by Gasteiger charge is -2.07. The summed E-state index contributed by atoms with van der Waals surface area (Å²) in [6, 6.07) is 5.69. The second kappa shape index (κ2) is 6.68. The lowest BCUT2D eigenvalue weighted by Crippen LogP contribution is -2.34. The molecule has 5 nitrogen and oxygen atoms in total. The van der Waals surface area contributed by atoms with Crippen LogP contribution in [0.25, 0.3) is 0 Å². The number of anilines is 1. The average molecular weight is 226 g/mol. The number of phenols is 1. The van der Waals surface area contributed by atoms with Gasteiger partial charge < -0.3 is 21.7 Å². The molecule has 90 valence electrons. The zero-order valence-corrected chi connectivity index (χ0v) is 9.42. The standard InChI is InChI=1S/C6H7NO.C5H11NO2/c7-5-1-3-6(8)4-2-5;1-3(2)4(6)5(7)8/h1-4,8H,7H2;3-4H,6H2,1-2H3,(H,7,8)/t;4-/m.0/s1. The Hall–Kier alpha value is -1.75. The molecular formula is C11H18N2O3. The zero-order valence-electron chi connectivity index (χ0n) is 9.42. The third kappa shape index (κ3) is 5.87. The van der Waals surface area contributed by atoms with E-state index < -0.39 is 12.0 Å². The first-order chi connectivity index (χ1) is 7.34. The zero-order chi connectivity index (χ0) is 12.7. The SMILES string of the molecule is CC(C)[C@H](N)C(=O)O.Nc1ccc(O)cc1. The van der Waals surface area contributed by atoms with Gasteiger partial charge in [-0.3, -0.25) is 4.79 Å². The lowest BCUT2D eigenvalue weighted by molar-refractivity contribution is -0.139. The van der Waals surface area contributed by atoms with Gasteiger partial charge in [0, 0.05) is 5.69 Å². The highest BCUT2D eigenvalue weighted by molar-refractivity contribution is 5.73. The summed E-state index contributed by atoms with van der Waals surface area (Å²) in [7, 11) is 0. The van der Waals surface area contributed by atoms with Crippen LogP contribution in [0.4, 0.5) is 5.69 Å². The third-order valence-corrected chi connectivity index (χ3v) is 1.90. The van der Waals surface area contributed by atoms with E-state index in [2.05, 4.69) is 0 Å². The summed E-state index contributed by atoms with van der Waals surface area (Å²) < 4.78 is 0. The Morgan fingerprint density at radius 2 is 1.69 bits per heavy atom. The van der Waals surface area contributed by atoms with Gasteiger partial charge in [0.05, 0.1) is 0 Å². The van der Waals surface area contributed by atoms with Crippen LogP contribution in [-0.4, -0.2) is 22.2 Å². The van der Waals surface area contributed by atoms with Gasteiger partial charge in [-0.2, -0.15) is 0 Å². The number of aromatic hydroxyl groups is 1. The maximum Gasteiger partial charge on any atom is 0.320 e. The fraction of sp³-hybridized carbons (Fsp3) is 0.364. The molecule has 1 atom stereocenters. The van der Waals surface area contributed by atoms with Crippen molar-refractivity contribution in [2.24, 2.45) is 11.7 Å². The molecule has 1 aromatic rings. The van der Waals surface area contributed by atoms with Gasteiger partial charge in [-0.25, -0.2) is 0 Å². The second-order valence-electron chi connectivity index (χ2n) is 3.70. The molecule has 0 aromatic heterocycles. The Kier molecular flexibility index (Phi) is 5.95. The second-order valence-corrected chi connectivity index (χ2v) is 3.70.